The van der Waals surface area contributed by atoms with Crippen LogP contribution in [0.4, 0.5) is 0 Å². The maximum atomic E-state index is 9.48. The Labute approximate surface area is 96.4 Å². The monoisotopic (exact) mass is 224 g/mol. The van der Waals surface area contributed by atoms with E-state index in [0.717, 1.165) is 19.3 Å². The summed E-state index contributed by atoms with van der Waals surface area (Å²) < 4.78 is 12.0. The summed E-state index contributed by atoms with van der Waals surface area (Å²) in [5.74, 6) is 0.0703. The van der Waals surface area contributed by atoms with Crippen molar-refractivity contribution in [3.63, 3.8) is 0 Å². The summed E-state index contributed by atoms with van der Waals surface area (Å²) in [5, 5.41) is 9.48. The molecule has 0 bridgehead atoms. The fourth-order valence-corrected chi connectivity index (χ4v) is 3.12. The minimum atomic E-state index is -0.281. The van der Waals surface area contributed by atoms with Crippen LogP contribution >= 0.6 is 0 Å². The van der Waals surface area contributed by atoms with Crippen LogP contribution in [0.25, 0.3) is 0 Å². The Morgan fingerprint density at radius 2 is 1.94 bits per heavy atom. The molecule has 1 heterocycles. The van der Waals surface area contributed by atoms with Crippen LogP contribution < -0.4 is 0 Å². The van der Waals surface area contributed by atoms with Gasteiger partial charge < -0.3 is 14.6 Å². The fraction of sp³-hybridized carbons (Fsp3) is 0.846. The van der Waals surface area contributed by atoms with Crippen LogP contribution in [0.15, 0.2) is 12.2 Å². The third kappa shape index (κ3) is 1.92. The Kier molecular flexibility index (Phi) is 2.78. The van der Waals surface area contributed by atoms with E-state index >= 15 is 0 Å². The molecule has 0 aromatic heterocycles. The highest BCUT2D eigenvalue weighted by atomic mass is 16.7. The summed E-state index contributed by atoms with van der Waals surface area (Å²) in [6, 6.07) is 0. The van der Waals surface area contributed by atoms with E-state index in [9.17, 15) is 5.11 Å². The molecule has 0 aromatic carbocycles. The fourth-order valence-electron chi connectivity index (χ4n) is 3.12. The first-order chi connectivity index (χ1) is 7.77. The van der Waals surface area contributed by atoms with Crippen molar-refractivity contribution in [3.8, 4) is 0 Å². The molecular formula is C13H20O3. The largest absolute Gasteiger partial charge is 0.389 e. The molecule has 1 aliphatic heterocycles. The maximum absolute atomic E-state index is 9.48. The van der Waals surface area contributed by atoms with Crippen molar-refractivity contribution in [2.24, 2.45) is 5.92 Å². The van der Waals surface area contributed by atoms with Crippen LogP contribution in [0, 0.1) is 5.92 Å². The summed E-state index contributed by atoms with van der Waals surface area (Å²) in [6.45, 7) is 0.696. The van der Waals surface area contributed by atoms with Gasteiger partial charge in [0.1, 0.15) is 0 Å². The van der Waals surface area contributed by atoms with Crippen molar-refractivity contribution in [2.75, 3.05) is 6.61 Å². The van der Waals surface area contributed by atoms with Gasteiger partial charge in [-0.3, -0.25) is 0 Å². The molecule has 3 aliphatic rings. The van der Waals surface area contributed by atoms with E-state index in [1.54, 1.807) is 0 Å². The molecule has 2 aliphatic carbocycles. The predicted octanol–water partition coefficient (Wildman–Crippen LogP) is 2.00. The maximum Gasteiger partial charge on any atom is 0.168 e. The third-order valence-corrected chi connectivity index (χ3v) is 4.06. The first kappa shape index (κ1) is 10.8. The van der Waals surface area contributed by atoms with E-state index in [0.29, 0.717) is 12.5 Å². The second-order valence-corrected chi connectivity index (χ2v) is 5.29. The van der Waals surface area contributed by atoms with Crippen LogP contribution in [0.1, 0.15) is 38.5 Å². The van der Waals surface area contributed by atoms with Crippen LogP contribution in [0.3, 0.4) is 0 Å². The zero-order chi connectivity index (χ0) is 11.0. The van der Waals surface area contributed by atoms with Gasteiger partial charge in [0, 0.05) is 18.8 Å². The number of hydrogen-bond donors (Lipinski definition) is 1. The molecule has 0 amide bonds. The van der Waals surface area contributed by atoms with Gasteiger partial charge in [-0.25, -0.2) is 0 Å². The Morgan fingerprint density at radius 3 is 2.62 bits per heavy atom. The summed E-state index contributed by atoms with van der Waals surface area (Å²) in [7, 11) is 0. The normalized spacial score (nSPS) is 41.9. The van der Waals surface area contributed by atoms with Gasteiger partial charge in [-0.1, -0.05) is 18.6 Å². The molecule has 1 spiro atoms. The van der Waals surface area contributed by atoms with Crippen molar-refractivity contribution >= 4 is 0 Å². The summed E-state index contributed by atoms with van der Waals surface area (Å²) in [6.07, 6.45) is 10.5. The highest BCUT2D eigenvalue weighted by molar-refractivity contribution is 5.06. The standard InChI is InChI=1S/C13H20O3/c14-11-5-4-10(8-11)12-9-15-13(16-12)6-2-1-3-7-13/h4-5,10-12,14H,1-3,6-9H2/t10-,11+,12-/m1/s1. The van der Waals surface area contributed by atoms with E-state index in [1.807, 2.05) is 6.08 Å². The molecule has 3 atom stereocenters. The molecule has 2 fully saturated rings. The van der Waals surface area contributed by atoms with Crippen molar-refractivity contribution in [1.29, 1.82) is 0 Å². The van der Waals surface area contributed by atoms with E-state index < -0.39 is 0 Å². The average molecular weight is 224 g/mol. The van der Waals surface area contributed by atoms with Gasteiger partial charge in [0.2, 0.25) is 0 Å². The topological polar surface area (TPSA) is 38.7 Å². The molecule has 90 valence electrons. The van der Waals surface area contributed by atoms with Gasteiger partial charge in [0.25, 0.3) is 0 Å². The number of ether oxygens (including phenoxy) is 2. The van der Waals surface area contributed by atoms with Crippen LogP contribution in [0.2, 0.25) is 0 Å². The second-order valence-electron chi connectivity index (χ2n) is 5.29. The molecule has 0 unspecified atom stereocenters. The second kappa shape index (κ2) is 4.13. The van der Waals surface area contributed by atoms with E-state index in [1.165, 1.54) is 19.3 Å². The van der Waals surface area contributed by atoms with Crippen LogP contribution in [0.5, 0.6) is 0 Å². The van der Waals surface area contributed by atoms with Gasteiger partial charge in [0.05, 0.1) is 18.8 Å². The van der Waals surface area contributed by atoms with Crippen molar-refractivity contribution < 1.29 is 14.6 Å². The van der Waals surface area contributed by atoms with E-state index in [-0.39, 0.29) is 18.0 Å². The van der Waals surface area contributed by atoms with Crippen LogP contribution in [-0.2, 0) is 9.47 Å². The number of hydrogen-bond acceptors (Lipinski definition) is 3. The highest BCUT2D eigenvalue weighted by Gasteiger charge is 2.44. The molecule has 1 N–H and O–H groups in total. The van der Waals surface area contributed by atoms with Crippen LogP contribution in [-0.4, -0.2) is 29.7 Å². The van der Waals surface area contributed by atoms with Gasteiger partial charge in [-0.2, -0.15) is 0 Å². The highest BCUT2D eigenvalue weighted by Crippen LogP contribution is 2.41. The molecule has 3 rings (SSSR count). The first-order valence-electron chi connectivity index (χ1n) is 6.46. The minimum Gasteiger partial charge on any atom is -0.389 e. The zero-order valence-corrected chi connectivity index (χ0v) is 9.60. The molecule has 0 radical (unpaired) electrons. The van der Waals surface area contributed by atoms with Crippen molar-refractivity contribution in [3.05, 3.63) is 12.2 Å². The smallest absolute Gasteiger partial charge is 0.168 e. The number of aliphatic hydroxyl groups is 1. The van der Waals surface area contributed by atoms with Crippen molar-refractivity contribution in [1.82, 2.24) is 0 Å². The SMILES string of the molecule is O[C@H]1C=C[C@@H]([C@H]2COC3(CCCCC3)O2)C1. The molecule has 3 heteroatoms. The molecule has 1 saturated heterocycles. The predicted molar refractivity (Wildman–Crippen MR) is 59.9 cm³/mol. The van der Waals surface area contributed by atoms with Gasteiger partial charge in [-0.05, 0) is 19.3 Å². The third-order valence-electron chi connectivity index (χ3n) is 4.06. The molecular weight excluding hydrogens is 204 g/mol. The van der Waals surface area contributed by atoms with E-state index in [4.69, 9.17) is 9.47 Å². The lowest BCUT2D eigenvalue weighted by Gasteiger charge is -2.32. The Hall–Kier alpha value is -0.380. The quantitative estimate of drug-likeness (QED) is 0.692. The molecule has 0 aromatic rings. The molecule has 1 saturated carbocycles. The summed E-state index contributed by atoms with van der Waals surface area (Å²) >= 11 is 0. The summed E-state index contributed by atoms with van der Waals surface area (Å²) in [4.78, 5) is 0. The van der Waals surface area contributed by atoms with Gasteiger partial charge >= 0.3 is 0 Å². The van der Waals surface area contributed by atoms with Crippen molar-refractivity contribution in [2.45, 2.75) is 56.5 Å². The van der Waals surface area contributed by atoms with Gasteiger partial charge in [0.15, 0.2) is 5.79 Å². The lowest BCUT2D eigenvalue weighted by atomic mass is 9.94. The Bertz CT molecular complexity index is 281. The van der Waals surface area contributed by atoms with E-state index in [2.05, 4.69) is 6.08 Å². The average Bonchev–Trinajstić information content (AvgIpc) is 2.87. The molecule has 16 heavy (non-hydrogen) atoms. The summed E-state index contributed by atoms with van der Waals surface area (Å²) in [5.41, 5.74) is 0. The lowest BCUT2D eigenvalue weighted by molar-refractivity contribution is -0.190. The molecule has 3 nitrogen and oxygen atoms in total. The Morgan fingerprint density at radius 1 is 1.12 bits per heavy atom. The number of rotatable bonds is 1. The Balaban J connectivity index is 1.62. The van der Waals surface area contributed by atoms with Gasteiger partial charge in [-0.15, -0.1) is 0 Å². The number of aliphatic hydroxyl groups excluding tert-OH is 1. The first-order valence-corrected chi connectivity index (χ1v) is 6.46. The minimum absolute atomic E-state index is 0.159. The lowest BCUT2D eigenvalue weighted by Crippen LogP contribution is -2.34. The zero-order valence-electron chi connectivity index (χ0n) is 9.60.